The van der Waals surface area contributed by atoms with Gasteiger partial charge < -0.3 is 14.3 Å². The van der Waals surface area contributed by atoms with Crippen molar-refractivity contribution in [2.24, 2.45) is 0 Å². The van der Waals surface area contributed by atoms with Crippen molar-refractivity contribution in [3.05, 3.63) is 94.3 Å². The third kappa shape index (κ3) is 3.52. The summed E-state index contributed by atoms with van der Waals surface area (Å²) in [5.41, 5.74) is 6.57. The Morgan fingerprint density at radius 1 is 0.939 bits per heavy atom. The number of nitrogens with zero attached hydrogens (tertiary/aromatic N) is 1. The maximum absolute atomic E-state index is 13.8. The highest BCUT2D eigenvalue weighted by Crippen LogP contribution is 2.41. The minimum absolute atomic E-state index is 0.0317. The highest BCUT2D eigenvalue weighted by atomic mass is 16.4. The first-order valence-corrected chi connectivity index (χ1v) is 11.5. The second-order valence-electron chi connectivity index (χ2n) is 8.79. The molecule has 0 fully saturated rings. The van der Waals surface area contributed by atoms with E-state index in [9.17, 15) is 4.79 Å². The van der Waals surface area contributed by atoms with E-state index in [0.29, 0.717) is 29.3 Å². The van der Waals surface area contributed by atoms with Crippen LogP contribution in [-0.2, 0) is 6.54 Å². The van der Waals surface area contributed by atoms with Crippen LogP contribution < -0.4 is 10.9 Å². The predicted molar refractivity (Wildman–Crippen MR) is 138 cm³/mol. The molecular weight excluding hydrogens is 408 g/mol. The van der Waals surface area contributed by atoms with Gasteiger partial charge in [-0.15, -0.1) is 0 Å². The van der Waals surface area contributed by atoms with Gasteiger partial charge >= 0.3 is 0 Å². The Kier molecular flexibility index (Phi) is 5.29. The van der Waals surface area contributed by atoms with Gasteiger partial charge in [-0.2, -0.15) is 0 Å². The van der Waals surface area contributed by atoms with Crippen LogP contribution in [-0.4, -0.2) is 4.57 Å². The first kappa shape index (κ1) is 21.1. The molecule has 0 saturated heterocycles. The second kappa shape index (κ2) is 8.28. The summed E-state index contributed by atoms with van der Waals surface area (Å²) in [4.78, 5) is 13.8. The van der Waals surface area contributed by atoms with E-state index >= 15 is 0 Å². The van der Waals surface area contributed by atoms with E-state index in [1.807, 2.05) is 54.0 Å². The van der Waals surface area contributed by atoms with Gasteiger partial charge in [-0.3, -0.25) is 4.79 Å². The number of para-hydroxylation sites is 2. The monoisotopic (exact) mass is 436 g/mol. The molecule has 0 bridgehead atoms. The Labute approximate surface area is 193 Å². The lowest BCUT2D eigenvalue weighted by Gasteiger charge is -2.11. The molecule has 166 valence electrons. The number of aryl methyl sites for hydroxylation is 2. The zero-order valence-electron chi connectivity index (χ0n) is 19.5. The molecule has 0 saturated carbocycles. The van der Waals surface area contributed by atoms with Gasteiger partial charge in [0.1, 0.15) is 0 Å². The van der Waals surface area contributed by atoms with E-state index in [1.54, 1.807) is 0 Å². The zero-order chi connectivity index (χ0) is 23.1. The molecule has 0 aliphatic rings. The number of fused-ring (bicyclic) bond motifs is 3. The lowest BCUT2D eigenvalue weighted by molar-refractivity contribution is 0.637. The Balaban J connectivity index is 1.86. The molecule has 1 N–H and O–H groups in total. The van der Waals surface area contributed by atoms with Crippen LogP contribution >= 0.6 is 0 Å². The maximum Gasteiger partial charge on any atom is 0.262 e. The van der Waals surface area contributed by atoms with Gasteiger partial charge in [0.25, 0.3) is 5.56 Å². The average Bonchev–Trinajstić information content (AvgIpc) is 3.20. The van der Waals surface area contributed by atoms with Crippen molar-refractivity contribution in [3.63, 3.8) is 0 Å². The van der Waals surface area contributed by atoms with Gasteiger partial charge in [-0.05, 0) is 54.7 Å². The fourth-order valence-electron chi connectivity index (χ4n) is 4.52. The van der Waals surface area contributed by atoms with Gasteiger partial charge in [0.15, 0.2) is 5.58 Å². The molecule has 4 heteroatoms. The maximum atomic E-state index is 13.8. The van der Waals surface area contributed by atoms with E-state index in [4.69, 9.17) is 4.42 Å². The molecule has 2 heterocycles. The van der Waals surface area contributed by atoms with E-state index in [1.165, 1.54) is 5.56 Å². The average molecular weight is 437 g/mol. The van der Waals surface area contributed by atoms with E-state index in [0.717, 1.165) is 33.3 Å². The van der Waals surface area contributed by atoms with Crippen molar-refractivity contribution >= 4 is 33.4 Å². The molecule has 5 aromatic rings. The van der Waals surface area contributed by atoms with E-state index < -0.39 is 0 Å². The molecule has 0 aliphatic carbocycles. The number of rotatable bonds is 5. The molecule has 3 aromatic carbocycles. The van der Waals surface area contributed by atoms with Crippen molar-refractivity contribution < 1.29 is 4.42 Å². The van der Waals surface area contributed by atoms with Gasteiger partial charge in [-0.1, -0.05) is 68.4 Å². The van der Waals surface area contributed by atoms with Crippen molar-refractivity contribution in [2.45, 2.75) is 40.2 Å². The number of hydrogen-bond acceptors (Lipinski definition) is 3. The summed E-state index contributed by atoms with van der Waals surface area (Å²) >= 11 is 0. The van der Waals surface area contributed by atoms with Crippen LogP contribution in [0.4, 0.5) is 11.6 Å². The van der Waals surface area contributed by atoms with Crippen molar-refractivity contribution in [2.75, 3.05) is 5.32 Å². The van der Waals surface area contributed by atoms with E-state index in [2.05, 4.69) is 56.4 Å². The third-order valence-corrected chi connectivity index (χ3v) is 6.38. The first-order chi connectivity index (χ1) is 16.0. The van der Waals surface area contributed by atoms with Crippen molar-refractivity contribution in [1.82, 2.24) is 4.57 Å². The van der Waals surface area contributed by atoms with E-state index in [-0.39, 0.29) is 5.56 Å². The van der Waals surface area contributed by atoms with Gasteiger partial charge in [0, 0.05) is 17.6 Å². The fraction of sp³-hybridized carbons (Fsp3) is 0.207. The zero-order valence-corrected chi connectivity index (χ0v) is 19.5. The number of nitrogens with one attached hydrogen (secondary N) is 1. The summed E-state index contributed by atoms with van der Waals surface area (Å²) < 4.78 is 8.29. The van der Waals surface area contributed by atoms with Crippen molar-refractivity contribution in [3.8, 4) is 11.1 Å². The number of hydrogen-bond donors (Lipinski definition) is 1. The Morgan fingerprint density at radius 3 is 2.33 bits per heavy atom. The molecule has 33 heavy (non-hydrogen) atoms. The number of benzene rings is 3. The Morgan fingerprint density at radius 2 is 1.64 bits per heavy atom. The molecule has 0 amide bonds. The molecule has 0 aliphatic heterocycles. The summed E-state index contributed by atoms with van der Waals surface area (Å²) in [7, 11) is 0. The minimum atomic E-state index is -0.0317. The van der Waals surface area contributed by atoms with Gasteiger partial charge in [-0.25, -0.2) is 0 Å². The Bertz CT molecular complexity index is 1520. The summed E-state index contributed by atoms with van der Waals surface area (Å²) in [5, 5.41) is 5.03. The lowest BCUT2D eigenvalue weighted by Crippen LogP contribution is -2.19. The highest BCUT2D eigenvalue weighted by molar-refractivity contribution is 6.11. The number of aromatic nitrogens is 1. The SMILES string of the molecule is CCn1c(=O)c2c(-c3ccc(C(C)C)cc3)c(Nc3ccccc3C)oc2c2ccccc21. The predicted octanol–water partition coefficient (Wildman–Crippen LogP) is 7.61. The largest absolute Gasteiger partial charge is 0.439 e. The minimum Gasteiger partial charge on any atom is -0.439 e. The smallest absolute Gasteiger partial charge is 0.262 e. The van der Waals surface area contributed by atoms with Crippen LogP contribution in [0.25, 0.3) is 33.0 Å². The summed E-state index contributed by atoms with van der Waals surface area (Å²) in [6.45, 7) is 9.01. The molecular formula is C29H28N2O2. The summed E-state index contributed by atoms with van der Waals surface area (Å²) in [6.07, 6.45) is 0. The Hall–Kier alpha value is -3.79. The van der Waals surface area contributed by atoms with Crippen LogP contribution in [0, 0.1) is 6.92 Å². The summed E-state index contributed by atoms with van der Waals surface area (Å²) in [5.74, 6) is 1.03. The van der Waals surface area contributed by atoms with Crippen LogP contribution in [0.15, 0.2) is 82.0 Å². The molecule has 5 rings (SSSR count). The molecule has 0 spiro atoms. The lowest BCUT2D eigenvalue weighted by atomic mass is 9.98. The summed E-state index contributed by atoms with van der Waals surface area (Å²) in [6, 6.07) is 24.5. The number of pyridine rings is 1. The van der Waals surface area contributed by atoms with Crippen LogP contribution in [0.2, 0.25) is 0 Å². The standard InChI is InChI=1S/C29H28N2O2/c1-5-31-24-13-9-7-11-22(24)27-26(29(31)32)25(21-16-14-20(15-17-21)18(2)3)28(33-27)30-23-12-8-6-10-19(23)4/h6-18,30H,5H2,1-4H3. The molecule has 0 unspecified atom stereocenters. The molecule has 4 nitrogen and oxygen atoms in total. The van der Waals surface area contributed by atoms with Gasteiger partial charge in [0.05, 0.1) is 16.5 Å². The topological polar surface area (TPSA) is 47.2 Å². The highest BCUT2D eigenvalue weighted by Gasteiger charge is 2.23. The third-order valence-electron chi connectivity index (χ3n) is 6.38. The number of furan rings is 1. The normalized spacial score (nSPS) is 11.5. The molecule has 0 atom stereocenters. The van der Waals surface area contributed by atoms with Crippen LogP contribution in [0.3, 0.4) is 0 Å². The van der Waals surface area contributed by atoms with Crippen LogP contribution in [0.5, 0.6) is 0 Å². The number of anilines is 2. The fourth-order valence-corrected chi connectivity index (χ4v) is 4.52. The molecule has 2 aromatic heterocycles. The van der Waals surface area contributed by atoms with Crippen molar-refractivity contribution in [1.29, 1.82) is 0 Å². The quantitative estimate of drug-likeness (QED) is 0.308. The van der Waals surface area contributed by atoms with Crippen LogP contribution in [0.1, 0.15) is 37.8 Å². The second-order valence-corrected chi connectivity index (χ2v) is 8.79. The molecule has 0 radical (unpaired) electrons. The van der Waals surface area contributed by atoms with Gasteiger partial charge in [0.2, 0.25) is 5.88 Å². The first-order valence-electron chi connectivity index (χ1n) is 11.5.